The minimum atomic E-state index is -4.59. The van der Waals surface area contributed by atoms with Crippen LogP contribution in [0.5, 0.6) is 0 Å². The minimum Gasteiger partial charge on any atom is -0.287 e. The molecule has 20 heavy (non-hydrogen) atoms. The van der Waals surface area contributed by atoms with Gasteiger partial charge in [-0.15, -0.1) is 0 Å². The number of alkyl halides is 3. The van der Waals surface area contributed by atoms with Crippen molar-refractivity contribution in [1.29, 1.82) is 0 Å². The second kappa shape index (κ2) is 5.40. The Kier molecular flexibility index (Phi) is 3.99. The van der Waals surface area contributed by atoms with E-state index in [0.29, 0.717) is 6.54 Å². The van der Waals surface area contributed by atoms with Gasteiger partial charge in [-0.05, 0) is 31.2 Å². The maximum atomic E-state index is 13.0. The van der Waals surface area contributed by atoms with Crippen molar-refractivity contribution < 1.29 is 18.0 Å². The molecule has 0 N–H and O–H groups in total. The maximum Gasteiger partial charge on any atom is 0.417 e. The van der Waals surface area contributed by atoms with E-state index in [-0.39, 0.29) is 15.7 Å². The molecule has 0 aliphatic heterocycles. The molecule has 0 bridgehead atoms. The largest absolute Gasteiger partial charge is 0.417 e. The number of carbonyl (C=O) groups excluding carboxylic acids is 1. The summed E-state index contributed by atoms with van der Waals surface area (Å²) in [5.74, 6) is -0.691. The first-order valence-electron chi connectivity index (χ1n) is 5.78. The highest BCUT2D eigenvalue weighted by Gasteiger charge is 2.36. The van der Waals surface area contributed by atoms with Crippen LogP contribution >= 0.6 is 15.9 Å². The maximum absolute atomic E-state index is 13.0. The van der Waals surface area contributed by atoms with E-state index in [1.807, 2.05) is 0 Å². The minimum absolute atomic E-state index is 0.139. The van der Waals surface area contributed by atoms with Gasteiger partial charge in [-0.1, -0.05) is 15.9 Å². The fourth-order valence-corrected chi connectivity index (χ4v) is 2.23. The van der Waals surface area contributed by atoms with Crippen molar-refractivity contribution in [1.82, 2.24) is 9.78 Å². The normalized spacial score (nSPS) is 11.7. The molecule has 0 atom stereocenters. The zero-order chi connectivity index (χ0) is 14.9. The van der Waals surface area contributed by atoms with Crippen LogP contribution in [0.2, 0.25) is 0 Å². The van der Waals surface area contributed by atoms with Gasteiger partial charge in [0, 0.05) is 22.8 Å². The van der Waals surface area contributed by atoms with Gasteiger partial charge in [0.1, 0.15) is 5.69 Å². The average Bonchev–Trinajstić information content (AvgIpc) is 2.85. The molecule has 106 valence electrons. The lowest BCUT2D eigenvalue weighted by molar-refractivity contribution is -0.137. The fourth-order valence-electron chi connectivity index (χ4n) is 1.86. The van der Waals surface area contributed by atoms with Crippen molar-refractivity contribution >= 4 is 21.7 Å². The van der Waals surface area contributed by atoms with Gasteiger partial charge < -0.3 is 0 Å². The summed E-state index contributed by atoms with van der Waals surface area (Å²) in [6.07, 6.45) is -3.20. The Bertz CT molecular complexity index is 649. The smallest absolute Gasteiger partial charge is 0.287 e. The lowest BCUT2D eigenvalue weighted by atomic mass is 10.0. The Hall–Kier alpha value is -1.63. The highest BCUT2D eigenvalue weighted by Crippen LogP contribution is 2.34. The van der Waals surface area contributed by atoms with Crippen LogP contribution in [0.25, 0.3) is 0 Å². The second-order valence-corrected chi connectivity index (χ2v) is 4.96. The number of nitrogens with zero attached hydrogens (tertiary/aromatic N) is 2. The van der Waals surface area contributed by atoms with Gasteiger partial charge in [-0.2, -0.15) is 18.3 Å². The van der Waals surface area contributed by atoms with E-state index in [9.17, 15) is 18.0 Å². The summed E-state index contributed by atoms with van der Waals surface area (Å²) in [5.41, 5.74) is -1.20. The first-order valence-corrected chi connectivity index (χ1v) is 6.57. The molecular formula is C13H10BrF3N2O. The zero-order valence-corrected chi connectivity index (χ0v) is 12.0. The van der Waals surface area contributed by atoms with Gasteiger partial charge >= 0.3 is 6.18 Å². The molecule has 1 aromatic heterocycles. The molecular weight excluding hydrogens is 337 g/mol. The summed E-state index contributed by atoms with van der Waals surface area (Å²) < 4.78 is 40.7. The highest BCUT2D eigenvalue weighted by atomic mass is 79.9. The molecule has 0 fully saturated rings. The molecule has 0 radical (unpaired) electrons. The monoisotopic (exact) mass is 346 g/mol. The van der Waals surface area contributed by atoms with Crippen LogP contribution in [0.15, 0.2) is 34.9 Å². The van der Waals surface area contributed by atoms with Gasteiger partial charge in [0.05, 0.1) is 5.56 Å². The first kappa shape index (κ1) is 14.8. The number of ketones is 1. The molecule has 1 aromatic carbocycles. The topological polar surface area (TPSA) is 34.9 Å². The average molecular weight is 347 g/mol. The van der Waals surface area contributed by atoms with Crippen LogP contribution in [-0.4, -0.2) is 15.6 Å². The Morgan fingerprint density at radius 2 is 2.05 bits per heavy atom. The molecule has 7 heteroatoms. The third kappa shape index (κ3) is 2.77. The molecule has 0 amide bonds. The summed E-state index contributed by atoms with van der Waals surface area (Å²) in [6.45, 7) is 2.17. The molecule has 0 saturated carbocycles. The van der Waals surface area contributed by atoms with Gasteiger partial charge in [-0.25, -0.2) is 0 Å². The molecule has 0 spiro atoms. The van der Waals surface area contributed by atoms with Gasteiger partial charge in [0.15, 0.2) is 0 Å². The molecule has 0 saturated heterocycles. The summed E-state index contributed by atoms with van der Waals surface area (Å²) in [6, 6.07) is 4.89. The standard InChI is InChI=1S/C13H10BrF3N2O/c1-2-19-11(5-6-18-19)12(20)9-4-3-8(14)7-10(9)13(15,16)17/h3-7H,2H2,1H3. The van der Waals surface area contributed by atoms with E-state index in [4.69, 9.17) is 0 Å². The zero-order valence-electron chi connectivity index (χ0n) is 10.4. The fraction of sp³-hybridized carbons (Fsp3) is 0.231. The van der Waals surface area contributed by atoms with Crippen molar-refractivity contribution in [2.45, 2.75) is 19.6 Å². The lowest BCUT2D eigenvalue weighted by Crippen LogP contribution is -2.16. The van der Waals surface area contributed by atoms with Crippen LogP contribution < -0.4 is 0 Å². The number of hydrogen-bond acceptors (Lipinski definition) is 2. The summed E-state index contributed by atoms with van der Waals surface area (Å²) in [5, 5.41) is 3.90. The summed E-state index contributed by atoms with van der Waals surface area (Å²) in [4.78, 5) is 12.3. The SMILES string of the molecule is CCn1nccc1C(=O)c1ccc(Br)cc1C(F)(F)F. The number of hydrogen-bond donors (Lipinski definition) is 0. The van der Waals surface area contributed by atoms with Crippen LogP contribution in [-0.2, 0) is 12.7 Å². The number of rotatable bonds is 3. The third-order valence-corrected chi connectivity index (χ3v) is 3.27. The molecule has 0 aliphatic rings. The molecule has 2 aromatic rings. The van der Waals surface area contributed by atoms with Crippen molar-refractivity contribution in [2.24, 2.45) is 0 Å². The van der Waals surface area contributed by atoms with E-state index >= 15 is 0 Å². The lowest BCUT2D eigenvalue weighted by Gasteiger charge is -2.13. The van der Waals surface area contributed by atoms with Gasteiger partial charge in [-0.3, -0.25) is 9.48 Å². The Morgan fingerprint density at radius 3 is 2.65 bits per heavy atom. The number of aryl methyl sites for hydroxylation is 1. The van der Waals surface area contributed by atoms with Crippen molar-refractivity contribution in [3.05, 3.63) is 51.8 Å². The van der Waals surface area contributed by atoms with Gasteiger partial charge in [0.25, 0.3) is 0 Å². The summed E-state index contributed by atoms with van der Waals surface area (Å²) >= 11 is 2.99. The van der Waals surface area contributed by atoms with Crippen LogP contribution in [0.3, 0.4) is 0 Å². The van der Waals surface area contributed by atoms with Crippen LogP contribution in [0.1, 0.15) is 28.5 Å². The van der Waals surface area contributed by atoms with Crippen LogP contribution in [0.4, 0.5) is 13.2 Å². The third-order valence-electron chi connectivity index (χ3n) is 2.78. The number of aromatic nitrogens is 2. The van der Waals surface area contributed by atoms with E-state index < -0.39 is 17.5 Å². The molecule has 0 aliphatic carbocycles. The van der Waals surface area contributed by atoms with Crippen molar-refractivity contribution in [3.8, 4) is 0 Å². The predicted octanol–water partition coefficient (Wildman–Crippen LogP) is 3.92. The molecule has 3 nitrogen and oxygen atoms in total. The van der Waals surface area contributed by atoms with Crippen molar-refractivity contribution in [2.75, 3.05) is 0 Å². The van der Waals surface area contributed by atoms with E-state index in [1.54, 1.807) is 6.92 Å². The summed E-state index contributed by atoms with van der Waals surface area (Å²) in [7, 11) is 0. The Morgan fingerprint density at radius 1 is 1.35 bits per heavy atom. The molecule has 2 rings (SSSR count). The molecule has 0 unspecified atom stereocenters. The van der Waals surface area contributed by atoms with E-state index in [0.717, 1.165) is 6.07 Å². The Labute approximate surface area is 121 Å². The first-order chi connectivity index (χ1) is 9.34. The van der Waals surface area contributed by atoms with Crippen molar-refractivity contribution in [3.63, 3.8) is 0 Å². The highest BCUT2D eigenvalue weighted by molar-refractivity contribution is 9.10. The van der Waals surface area contributed by atoms with E-state index in [2.05, 4.69) is 21.0 Å². The predicted molar refractivity (Wildman–Crippen MR) is 70.5 cm³/mol. The quantitative estimate of drug-likeness (QED) is 0.789. The number of benzene rings is 1. The number of halogens is 4. The Balaban J connectivity index is 2.56. The van der Waals surface area contributed by atoms with Gasteiger partial charge in [0.2, 0.25) is 5.78 Å². The van der Waals surface area contributed by atoms with Crippen LogP contribution in [0, 0.1) is 0 Å². The second-order valence-electron chi connectivity index (χ2n) is 4.05. The van der Waals surface area contributed by atoms with E-state index in [1.165, 1.54) is 29.1 Å². The molecule has 1 heterocycles. The number of carbonyl (C=O) groups is 1.